The van der Waals surface area contributed by atoms with Gasteiger partial charge in [0.15, 0.2) is 0 Å². The van der Waals surface area contributed by atoms with E-state index >= 15 is 0 Å². The van der Waals surface area contributed by atoms with Crippen LogP contribution in [0.3, 0.4) is 0 Å². The average Bonchev–Trinajstić information content (AvgIpc) is 2.35. The van der Waals surface area contributed by atoms with E-state index < -0.39 is 0 Å². The van der Waals surface area contributed by atoms with Gasteiger partial charge in [-0.2, -0.15) is 0 Å². The maximum absolute atomic E-state index is 5.84. The fourth-order valence-electron chi connectivity index (χ4n) is 1.81. The number of halogens is 1. The van der Waals surface area contributed by atoms with Gasteiger partial charge in [-0.15, -0.1) is 11.6 Å². The quantitative estimate of drug-likeness (QED) is 0.757. The molecule has 0 atom stereocenters. The fourth-order valence-corrected chi connectivity index (χ4v) is 1.96. The summed E-state index contributed by atoms with van der Waals surface area (Å²) in [7, 11) is 0. The van der Waals surface area contributed by atoms with Gasteiger partial charge in [0, 0.05) is 6.07 Å². The molecule has 0 spiro atoms. The number of rotatable bonds is 3. The molecular formula is C15H16ClNO. The highest BCUT2D eigenvalue weighted by molar-refractivity contribution is 6.16. The molecule has 18 heavy (non-hydrogen) atoms. The lowest BCUT2D eigenvalue weighted by Gasteiger charge is -2.11. The molecule has 0 radical (unpaired) electrons. The average molecular weight is 262 g/mol. The van der Waals surface area contributed by atoms with Crippen molar-refractivity contribution >= 4 is 11.6 Å². The Hall–Kier alpha value is -1.54. The van der Waals surface area contributed by atoms with Gasteiger partial charge in [-0.1, -0.05) is 12.1 Å². The maximum atomic E-state index is 5.84. The number of alkyl halides is 1. The number of hydrogen-bond acceptors (Lipinski definition) is 2. The first-order chi connectivity index (χ1) is 8.60. The Morgan fingerprint density at radius 2 is 1.94 bits per heavy atom. The molecule has 0 saturated heterocycles. The Morgan fingerprint density at radius 1 is 1.17 bits per heavy atom. The SMILES string of the molecule is Cc1cc(C)c(C)c(Oc2cccc(CCl)n2)c1. The summed E-state index contributed by atoms with van der Waals surface area (Å²) in [5.41, 5.74) is 4.36. The Bertz CT molecular complexity index is 566. The van der Waals surface area contributed by atoms with E-state index in [1.165, 1.54) is 11.1 Å². The largest absolute Gasteiger partial charge is 0.439 e. The summed E-state index contributed by atoms with van der Waals surface area (Å²) in [4.78, 5) is 4.33. The van der Waals surface area contributed by atoms with Crippen molar-refractivity contribution in [3.63, 3.8) is 0 Å². The van der Waals surface area contributed by atoms with E-state index in [9.17, 15) is 0 Å². The normalized spacial score (nSPS) is 10.4. The molecule has 94 valence electrons. The summed E-state index contributed by atoms with van der Waals surface area (Å²) >= 11 is 5.77. The third-order valence-electron chi connectivity index (χ3n) is 2.90. The molecule has 3 heteroatoms. The number of pyridine rings is 1. The van der Waals surface area contributed by atoms with E-state index in [0.717, 1.165) is 17.0 Å². The molecule has 1 aromatic heterocycles. The van der Waals surface area contributed by atoms with Crippen molar-refractivity contribution in [2.45, 2.75) is 26.7 Å². The molecule has 0 bridgehead atoms. The molecule has 0 N–H and O–H groups in total. The van der Waals surface area contributed by atoms with Gasteiger partial charge in [-0.3, -0.25) is 0 Å². The highest BCUT2D eigenvalue weighted by atomic mass is 35.5. The van der Waals surface area contributed by atoms with Crippen LogP contribution in [0.4, 0.5) is 0 Å². The van der Waals surface area contributed by atoms with Gasteiger partial charge in [0.1, 0.15) is 5.75 Å². The molecule has 0 aliphatic rings. The molecule has 2 rings (SSSR count). The third-order valence-corrected chi connectivity index (χ3v) is 3.17. The number of hydrogen-bond donors (Lipinski definition) is 0. The van der Waals surface area contributed by atoms with E-state index in [1.54, 1.807) is 0 Å². The molecule has 2 nitrogen and oxygen atoms in total. The smallest absolute Gasteiger partial charge is 0.219 e. The molecule has 2 aromatic rings. The number of nitrogens with zero attached hydrogens (tertiary/aromatic N) is 1. The Kier molecular flexibility index (Phi) is 3.87. The molecular weight excluding hydrogens is 246 g/mol. The van der Waals surface area contributed by atoms with Gasteiger partial charge < -0.3 is 4.74 Å². The van der Waals surface area contributed by atoms with Gasteiger partial charge in [0.25, 0.3) is 0 Å². The lowest BCUT2D eigenvalue weighted by molar-refractivity contribution is 0.457. The third kappa shape index (κ3) is 2.82. The zero-order chi connectivity index (χ0) is 13.1. The van der Waals surface area contributed by atoms with E-state index in [2.05, 4.69) is 31.8 Å². The topological polar surface area (TPSA) is 22.1 Å². The first-order valence-corrected chi connectivity index (χ1v) is 6.41. The van der Waals surface area contributed by atoms with Crippen molar-refractivity contribution in [2.24, 2.45) is 0 Å². The first kappa shape index (κ1) is 12.9. The van der Waals surface area contributed by atoms with E-state index in [4.69, 9.17) is 16.3 Å². The highest BCUT2D eigenvalue weighted by Crippen LogP contribution is 2.27. The second-order valence-electron chi connectivity index (χ2n) is 4.41. The standard InChI is InChI=1S/C15H16ClNO/c1-10-7-11(2)12(3)14(8-10)18-15-6-4-5-13(9-16)17-15/h4-8H,9H2,1-3H3. The highest BCUT2D eigenvalue weighted by Gasteiger charge is 2.06. The molecule has 0 aliphatic heterocycles. The second-order valence-corrected chi connectivity index (χ2v) is 4.68. The molecule has 0 saturated carbocycles. The Balaban J connectivity index is 2.33. The lowest BCUT2D eigenvalue weighted by atomic mass is 10.1. The van der Waals surface area contributed by atoms with Gasteiger partial charge in [-0.05, 0) is 49.6 Å². The molecule has 0 fully saturated rings. The molecule has 0 unspecified atom stereocenters. The van der Waals surface area contributed by atoms with Crippen LogP contribution in [-0.2, 0) is 5.88 Å². The predicted octanol–water partition coefficient (Wildman–Crippen LogP) is 4.54. The number of ether oxygens (including phenoxy) is 1. The van der Waals surface area contributed by atoms with Crippen LogP contribution in [0.25, 0.3) is 0 Å². The van der Waals surface area contributed by atoms with E-state index in [-0.39, 0.29) is 0 Å². The van der Waals surface area contributed by atoms with Crippen LogP contribution in [0, 0.1) is 20.8 Å². The van der Waals surface area contributed by atoms with Crippen molar-refractivity contribution in [1.29, 1.82) is 0 Å². The summed E-state index contributed by atoms with van der Waals surface area (Å²) in [6.07, 6.45) is 0. The van der Waals surface area contributed by atoms with Crippen LogP contribution in [-0.4, -0.2) is 4.98 Å². The first-order valence-electron chi connectivity index (χ1n) is 5.87. The summed E-state index contributed by atoms with van der Waals surface area (Å²) in [5.74, 6) is 1.83. The summed E-state index contributed by atoms with van der Waals surface area (Å²) in [6, 6.07) is 9.79. The van der Waals surface area contributed by atoms with Gasteiger partial charge in [0.05, 0.1) is 11.6 Å². The molecule has 1 heterocycles. The number of aromatic nitrogens is 1. The summed E-state index contributed by atoms with van der Waals surface area (Å²) in [6.45, 7) is 6.19. The van der Waals surface area contributed by atoms with Crippen molar-refractivity contribution in [1.82, 2.24) is 4.98 Å². The van der Waals surface area contributed by atoms with Crippen molar-refractivity contribution in [2.75, 3.05) is 0 Å². The van der Waals surface area contributed by atoms with Crippen LogP contribution in [0.1, 0.15) is 22.4 Å². The predicted molar refractivity (Wildman–Crippen MR) is 74.5 cm³/mol. The zero-order valence-corrected chi connectivity index (χ0v) is 11.6. The van der Waals surface area contributed by atoms with Gasteiger partial charge in [0.2, 0.25) is 5.88 Å². The van der Waals surface area contributed by atoms with Crippen LogP contribution in [0.5, 0.6) is 11.6 Å². The van der Waals surface area contributed by atoms with E-state index in [1.807, 2.05) is 24.3 Å². The number of aryl methyl sites for hydroxylation is 2. The van der Waals surface area contributed by atoms with Crippen molar-refractivity contribution in [3.8, 4) is 11.6 Å². The Labute approximate surface area is 113 Å². The zero-order valence-electron chi connectivity index (χ0n) is 10.8. The minimum absolute atomic E-state index is 0.392. The fraction of sp³-hybridized carbons (Fsp3) is 0.267. The molecule has 1 aromatic carbocycles. The second kappa shape index (κ2) is 5.40. The monoisotopic (exact) mass is 261 g/mol. The maximum Gasteiger partial charge on any atom is 0.219 e. The van der Waals surface area contributed by atoms with Crippen LogP contribution in [0.15, 0.2) is 30.3 Å². The minimum atomic E-state index is 0.392. The minimum Gasteiger partial charge on any atom is -0.439 e. The van der Waals surface area contributed by atoms with Crippen LogP contribution in [0.2, 0.25) is 0 Å². The van der Waals surface area contributed by atoms with Gasteiger partial charge >= 0.3 is 0 Å². The number of benzene rings is 1. The summed E-state index contributed by atoms with van der Waals surface area (Å²) < 4.78 is 5.84. The molecule has 0 amide bonds. The Morgan fingerprint density at radius 3 is 2.67 bits per heavy atom. The van der Waals surface area contributed by atoms with Crippen molar-refractivity contribution < 1.29 is 4.74 Å². The van der Waals surface area contributed by atoms with Crippen LogP contribution >= 0.6 is 11.6 Å². The summed E-state index contributed by atoms with van der Waals surface area (Å²) in [5, 5.41) is 0. The van der Waals surface area contributed by atoms with Gasteiger partial charge in [-0.25, -0.2) is 4.98 Å². The lowest BCUT2D eigenvalue weighted by Crippen LogP contribution is -1.95. The molecule has 0 aliphatic carbocycles. The van der Waals surface area contributed by atoms with Crippen molar-refractivity contribution in [3.05, 3.63) is 52.7 Å². The van der Waals surface area contributed by atoms with Crippen LogP contribution < -0.4 is 4.74 Å². The van der Waals surface area contributed by atoms with E-state index in [0.29, 0.717) is 11.8 Å².